The van der Waals surface area contributed by atoms with Gasteiger partial charge in [0.2, 0.25) is 0 Å². The first kappa shape index (κ1) is 21.9. The van der Waals surface area contributed by atoms with Crippen LogP contribution >= 0.6 is 36.4 Å². The number of fused-ring (bicyclic) bond motifs is 1. The first-order valence-corrected chi connectivity index (χ1v) is 20.7. The average molecular weight is 446 g/mol. The molecule has 0 fully saturated rings. The molecular formula is C15H26Cl3NSiZr. The van der Waals surface area contributed by atoms with Crippen LogP contribution in [0.4, 0.5) is 0 Å². The molecule has 0 heterocycles. The summed E-state index contributed by atoms with van der Waals surface area (Å²) >= 11 is 3.51. The van der Waals surface area contributed by atoms with Crippen LogP contribution in [-0.2, 0) is 17.7 Å². The van der Waals surface area contributed by atoms with Gasteiger partial charge in [-0.05, 0) is 0 Å². The Labute approximate surface area is 149 Å². The zero-order valence-corrected chi connectivity index (χ0v) is 19.6. The standard InChI is InChI=1S/C9H6Cl.C4H10N.2CH3.2ClH.H2Si.Zr/c10-9-5-7-3-1-2-4-8(7)6-9;1-4(2,3)5;;;;;;/h1-6H;5H,1-3H3;2*1H3;2*1H;1H2;/q;-1;;;;;;+1. The molecule has 1 aliphatic carbocycles. The van der Waals surface area contributed by atoms with E-state index in [9.17, 15) is 0 Å². The zero-order valence-electron chi connectivity index (χ0n) is 13.4. The summed E-state index contributed by atoms with van der Waals surface area (Å²) in [6, 6.07) is 8.63. The van der Waals surface area contributed by atoms with E-state index in [0.29, 0.717) is 3.63 Å². The molecule has 120 valence electrons. The summed E-state index contributed by atoms with van der Waals surface area (Å²) in [6.45, 7) is 8.95. The van der Waals surface area contributed by atoms with Crippen molar-refractivity contribution in [2.45, 2.75) is 39.2 Å². The van der Waals surface area contributed by atoms with Crippen LogP contribution in [0.15, 0.2) is 29.3 Å². The summed E-state index contributed by atoms with van der Waals surface area (Å²) in [5.41, 5.74) is 2.84. The van der Waals surface area contributed by atoms with Crippen LogP contribution in [-0.4, -0.2) is 12.4 Å². The predicted octanol–water partition coefficient (Wildman–Crippen LogP) is 4.80. The minimum absolute atomic E-state index is 0. The third kappa shape index (κ3) is 4.93. The van der Waals surface area contributed by atoms with Gasteiger partial charge in [0.25, 0.3) is 0 Å². The Bertz CT molecular complexity index is 614. The molecule has 0 spiro atoms. The van der Waals surface area contributed by atoms with Gasteiger partial charge in [0, 0.05) is 0 Å². The van der Waals surface area contributed by atoms with E-state index in [-0.39, 0.29) is 30.4 Å². The first-order chi connectivity index (χ1) is 8.48. The van der Waals surface area contributed by atoms with E-state index in [0.717, 1.165) is 5.03 Å². The molecule has 0 saturated carbocycles. The molecule has 0 amide bonds. The Kier molecular flexibility index (Phi) is 7.08. The van der Waals surface area contributed by atoms with E-state index >= 15 is 0 Å². The second-order valence-electron chi connectivity index (χ2n) is 7.78. The number of rotatable bonds is 2. The van der Waals surface area contributed by atoms with Crippen molar-refractivity contribution in [1.82, 2.24) is 3.26 Å². The van der Waals surface area contributed by atoms with Gasteiger partial charge in [0.1, 0.15) is 0 Å². The Hall–Kier alpha value is 0.890. The van der Waals surface area contributed by atoms with Gasteiger partial charge in [-0.3, -0.25) is 0 Å². The summed E-state index contributed by atoms with van der Waals surface area (Å²) in [7, 11) is 0. The molecule has 0 radical (unpaired) electrons. The van der Waals surface area contributed by atoms with E-state index < -0.39 is 17.7 Å². The Morgan fingerprint density at radius 3 is 2.19 bits per heavy atom. The zero-order chi connectivity index (χ0) is 14.5. The van der Waals surface area contributed by atoms with Gasteiger partial charge < -0.3 is 0 Å². The monoisotopic (exact) mass is 443 g/mol. The topological polar surface area (TPSA) is 12.0 Å². The Morgan fingerprint density at radius 2 is 1.67 bits per heavy atom. The van der Waals surface area contributed by atoms with E-state index in [4.69, 9.17) is 11.6 Å². The molecule has 1 aromatic rings. The fourth-order valence-corrected chi connectivity index (χ4v) is 24.2. The van der Waals surface area contributed by atoms with Gasteiger partial charge >= 0.3 is 125 Å². The van der Waals surface area contributed by atoms with Gasteiger partial charge in [0.15, 0.2) is 0 Å². The summed E-state index contributed by atoms with van der Waals surface area (Å²) < 4.78 is 9.31. The third-order valence-electron chi connectivity index (χ3n) is 3.59. The Morgan fingerprint density at radius 1 is 1.14 bits per heavy atom. The van der Waals surface area contributed by atoms with Crippen molar-refractivity contribution < 1.29 is 17.7 Å². The largest absolute Gasteiger partial charge is 0.147 e. The SMILES string of the molecule is CC(C)(C)[NH][Zr]([CH3])([CH3])(=[SiH2])[CH]1C(Cl)=Cc2ccccc21.Cl.Cl. The second kappa shape index (κ2) is 6.79. The van der Waals surface area contributed by atoms with E-state index in [1.807, 2.05) is 0 Å². The third-order valence-corrected chi connectivity index (χ3v) is 17.8. The van der Waals surface area contributed by atoms with Crippen molar-refractivity contribution in [1.29, 1.82) is 0 Å². The molecule has 2 rings (SSSR count). The average Bonchev–Trinajstić information content (AvgIpc) is 2.48. The maximum absolute atomic E-state index is 6.62. The quantitative estimate of drug-likeness (QED) is 0.644. The Balaban J connectivity index is 0.00000200. The molecule has 1 nitrogen and oxygen atoms in total. The van der Waals surface area contributed by atoms with Crippen LogP contribution < -0.4 is 3.26 Å². The maximum atomic E-state index is 6.62. The molecule has 0 aliphatic heterocycles. The number of hydrogen-bond acceptors (Lipinski definition) is 1. The van der Waals surface area contributed by atoms with Gasteiger partial charge in [-0.2, -0.15) is 0 Å². The van der Waals surface area contributed by atoms with E-state index in [1.165, 1.54) is 11.1 Å². The van der Waals surface area contributed by atoms with Crippen molar-refractivity contribution in [3.8, 4) is 0 Å². The smallest absolute Gasteiger partial charge is 0.147 e. The molecule has 6 heteroatoms. The number of halogens is 3. The minimum Gasteiger partial charge on any atom is -0.147 e. The maximum Gasteiger partial charge on any atom is -0.147 e. The van der Waals surface area contributed by atoms with Crippen LogP contribution in [0.25, 0.3) is 6.08 Å². The van der Waals surface area contributed by atoms with Crippen LogP contribution in [0.2, 0.25) is 9.26 Å². The van der Waals surface area contributed by atoms with Crippen molar-refractivity contribution >= 4 is 49.4 Å². The van der Waals surface area contributed by atoms with E-state index in [1.54, 1.807) is 0 Å². The molecule has 1 aliphatic rings. The molecule has 0 bridgehead atoms. The van der Waals surface area contributed by atoms with Crippen molar-refractivity contribution in [3.05, 3.63) is 40.4 Å². The van der Waals surface area contributed by atoms with E-state index in [2.05, 4.69) is 70.5 Å². The molecule has 1 atom stereocenters. The molecule has 0 saturated heterocycles. The van der Waals surface area contributed by atoms with Crippen LogP contribution in [0.5, 0.6) is 0 Å². The molecule has 0 aromatic heterocycles. The van der Waals surface area contributed by atoms with Crippen LogP contribution in [0, 0.1) is 0 Å². The summed E-state index contributed by atoms with van der Waals surface area (Å²) in [5, 5.41) is 1.02. The molecule has 1 unspecified atom stereocenters. The summed E-state index contributed by atoms with van der Waals surface area (Å²) in [4.78, 5) is 0. The summed E-state index contributed by atoms with van der Waals surface area (Å²) in [5.74, 6) is 0. The van der Waals surface area contributed by atoms with Crippen LogP contribution in [0.3, 0.4) is 0 Å². The van der Waals surface area contributed by atoms with Crippen molar-refractivity contribution in [3.63, 3.8) is 0 Å². The van der Waals surface area contributed by atoms with Crippen molar-refractivity contribution in [2.75, 3.05) is 0 Å². The normalized spacial score (nSPS) is 18.2. The van der Waals surface area contributed by atoms with Crippen molar-refractivity contribution in [2.24, 2.45) is 0 Å². The minimum atomic E-state index is -3.12. The van der Waals surface area contributed by atoms with Gasteiger partial charge in [-0.25, -0.2) is 0 Å². The molecule has 1 N–H and O–H groups in total. The molecule has 1 aromatic carbocycles. The second-order valence-corrected chi connectivity index (χ2v) is 36.9. The number of benzene rings is 1. The van der Waals surface area contributed by atoms with Gasteiger partial charge in [0.05, 0.1) is 0 Å². The van der Waals surface area contributed by atoms with Gasteiger partial charge in [-0.15, -0.1) is 24.8 Å². The summed E-state index contributed by atoms with van der Waals surface area (Å²) in [6.07, 6.45) is 2.15. The molecular weight excluding hydrogens is 420 g/mol. The van der Waals surface area contributed by atoms with Crippen LogP contribution in [0.1, 0.15) is 35.5 Å². The number of allylic oxidation sites excluding steroid dienone is 1. The first-order valence-electron chi connectivity index (χ1n) is 6.81. The molecule has 21 heavy (non-hydrogen) atoms. The fraction of sp³-hybridized carbons (Fsp3) is 0.467. The number of nitrogens with one attached hydrogen (secondary N) is 1. The fourth-order valence-electron chi connectivity index (χ4n) is 3.53. The number of hydrogen-bond donors (Lipinski definition) is 1. The van der Waals surface area contributed by atoms with Gasteiger partial charge in [-0.1, -0.05) is 0 Å². The predicted molar refractivity (Wildman–Crippen MR) is 101 cm³/mol.